The van der Waals surface area contributed by atoms with Crippen molar-refractivity contribution < 1.29 is 18.3 Å². The molecular weight excluding hydrogens is 169 g/mol. The predicted octanol–water partition coefficient (Wildman–Crippen LogP) is 2.64. The summed E-state index contributed by atoms with van der Waals surface area (Å²) in [7, 11) is 0. The van der Waals surface area contributed by atoms with Gasteiger partial charge in [-0.2, -0.15) is 8.78 Å². The first-order valence-corrected chi connectivity index (χ1v) is 3.53. The largest absolute Gasteiger partial charge is 0.396 e. The van der Waals surface area contributed by atoms with Gasteiger partial charge in [-0.3, -0.25) is 0 Å². The Morgan fingerprint density at radius 2 is 2.00 bits per heavy atom. The number of hydrogen-bond acceptors (Lipinski definition) is 1. The van der Waals surface area contributed by atoms with Gasteiger partial charge < -0.3 is 5.11 Å². The van der Waals surface area contributed by atoms with Gasteiger partial charge in [0.1, 0.15) is 0 Å². The number of hydrogen-bond donors (Lipinski definition) is 1. The number of allylic oxidation sites excluding steroid dienone is 2. The van der Waals surface area contributed by atoms with E-state index in [2.05, 4.69) is 6.58 Å². The van der Waals surface area contributed by atoms with Gasteiger partial charge in [-0.05, 0) is 12.3 Å². The third kappa shape index (κ3) is 4.18. The van der Waals surface area contributed by atoms with Crippen molar-refractivity contribution in [3.8, 4) is 0 Å². The van der Waals surface area contributed by atoms with Gasteiger partial charge in [0.05, 0.1) is 0 Å². The molecule has 0 aromatic heterocycles. The molecular formula is C8H11F3O. The SMILES string of the molecule is C=CCC(CO)CC(F)=C(F)F. The van der Waals surface area contributed by atoms with Crippen LogP contribution in [0.1, 0.15) is 12.8 Å². The Labute approximate surface area is 69.2 Å². The molecule has 0 saturated carbocycles. The maximum Gasteiger partial charge on any atom is 0.301 e. The van der Waals surface area contributed by atoms with Crippen LogP contribution in [0.5, 0.6) is 0 Å². The second-order valence-electron chi connectivity index (χ2n) is 2.44. The Hall–Kier alpha value is -0.770. The summed E-state index contributed by atoms with van der Waals surface area (Å²) in [6.07, 6.45) is -0.940. The zero-order valence-electron chi connectivity index (χ0n) is 6.56. The van der Waals surface area contributed by atoms with E-state index >= 15 is 0 Å². The second-order valence-corrected chi connectivity index (χ2v) is 2.44. The lowest BCUT2D eigenvalue weighted by atomic mass is 10.0. The van der Waals surface area contributed by atoms with Crippen LogP contribution >= 0.6 is 0 Å². The summed E-state index contributed by atoms with van der Waals surface area (Å²) in [5, 5.41) is 8.61. The van der Waals surface area contributed by atoms with Gasteiger partial charge in [0, 0.05) is 13.0 Å². The highest BCUT2D eigenvalue weighted by molar-refractivity contribution is 4.94. The smallest absolute Gasteiger partial charge is 0.301 e. The number of halogens is 3. The minimum Gasteiger partial charge on any atom is -0.396 e. The van der Waals surface area contributed by atoms with Crippen LogP contribution < -0.4 is 0 Å². The summed E-state index contributed by atoms with van der Waals surface area (Å²) in [6, 6.07) is 0. The molecule has 0 aliphatic carbocycles. The lowest BCUT2D eigenvalue weighted by molar-refractivity contribution is 0.216. The van der Waals surface area contributed by atoms with Gasteiger partial charge in [0.15, 0.2) is 5.83 Å². The van der Waals surface area contributed by atoms with Crippen LogP contribution in [-0.4, -0.2) is 11.7 Å². The van der Waals surface area contributed by atoms with Gasteiger partial charge in [-0.1, -0.05) is 6.08 Å². The molecule has 0 heterocycles. The van der Waals surface area contributed by atoms with E-state index in [1.807, 2.05) is 0 Å². The van der Waals surface area contributed by atoms with Crippen LogP contribution in [0, 0.1) is 5.92 Å². The van der Waals surface area contributed by atoms with E-state index in [1.165, 1.54) is 6.08 Å². The first-order chi connectivity index (χ1) is 5.61. The summed E-state index contributed by atoms with van der Waals surface area (Å²) in [4.78, 5) is 0. The van der Waals surface area contributed by atoms with E-state index in [-0.39, 0.29) is 6.61 Å². The Morgan fingerprint density at radius 1 is 1.42 bits per heavy atom. The van der Waals surface area contributed by atoms with Gasteiger partial charge in [-0.25, -0.2) is 4.39 Å². The van der Waals surface area contributed by atoms with Crippen molar-refractivity contribution in [2.24, 2.45) is 5.92 Å². The van der Waals surface area contributed by atoms with Crippen LogP contribution in [0.15, 0.2) is 24.6 Å². The van der Waals surface area contributed by atoms with Gasteiger partial charge in [0.2, 0.25) is 0 Å². The van der Waals surface area contributed by atoms with E-state index in [0.717, 1.165) is 0 Å². The molecule has 0 spiro atoms. The fourth-order valence-electron chi connectivity index (χ4n) is 0.789. The van der Waals surface area contributed by atoms with Crippen molar-refractivity contribution in [1.82, 2.24) is 0 Å². The van der Waals surface area contributed by atoms with Gasteiger partial charge in [-0.15, -0.1) is 6.58 Å². The number of aliphatic hydroxyl groups is 1. The molecule has 0 radical (unpaired) electrons. The van der Waals surface area contributed by atoms with E-state index in [1.54, 1.807) is 0 Å². The molecule has 4 heteroatoms. The van der Waals surface area contributed by atoms with Crippen molar-refractivity contribution in [3.63, 3.8) is 0 Å². The molecule has 1 nitrogen and oxygen atoms in total. The van der Waals surface area contributed by atoms with E-state index in [0.29, 0.717) is 6.42 Å². The minimum atomic E-state index is -2.31. The van der Waals surface area contributed by atoms with E-state index < -0.39 is 24.2 Å². The number of rotatable bonds is 5. The molecule has 0 rings (SSSR count). The molecule has 1 atom stereocenters. The Kier molecular flexibility index (Phi) is 5.45. The topological polar surface area (TPSA) is 20.2 Å². The monoisotopic (exact) mass is 180 g/mol. The minimum absolute atomic E-state index is 0.313. The quantitative estimate of drug-likeness (QED) is 0.645. The van der Waals surface area contributed by atoms with Crippen molar-refractivity contribution >= 4 is 0 Å². The molecule has 0 aromatic carbocycles. The number of aliphatic hydroxyl groups excluding tert-OH is 1. The zero-order valence-corrected chi connectivity index (χ0v) is 6.56. The molecule has 0 aliphatic rings. The maximum atomic E-state index is 12.3. The molecule has 0 aliphatic heterocycles. The molecule has 70 valence electrons. The van der Waals surface area contributed by atoms with Gasteiger partial charge >= 0.3 is 6.08 Å². The highest BCUT2D eigenvalue weighted by Crippen LogP contribution is 2.20. The van der Waals surface area contributed by atoms with Crippen molar-refractivity contribution in [3.05, 3.63) is 24.6 Å². The highest BCUT2D eigenvalue weighted by Gasteiger charge is 2.12. The highest BCUT2D eigenvalue weighted by atomic mass is 19.3. The Balaban J connectivity index is 4.02. The third-order valence-electron chi connectivity index (χ3n) is 1.43. The van der Waals surface area contributed by atoms with Crippen LogP contribution in [-0.2, 0) is 0 Å². The Bertz CT molecular complexity index is 173. The van der Waals surface area contributed by atoms with Crippen LogP contribution in [0.4, 0.5) is 13.2 Å². The first kappa shape index (κ1) is 11.2. The van der Waals surface area contributed by atoms with Crippen molar-refractivity contribution in [2.45, 2.75) is 12.8 Å². The van der Waals surface area contributed by atoms with E-state index in [9.17, 15) is 13.2 Å². The van der Waals surface area contributed by atoms with Gasteiger partial charge in [0.25, 0.3) is 0 Å². The lowest BCUT2D eigenvalue weighted by Crippen LogP contribution is -2.05. The van der Waals surface area contributed by atoms with Crippen LogP contribution in [0.3, 0.4) is 0 Å². The standard InChI is InChI=1S/C8H11F3O/c1-2-3-6(5-12)4-7(9)8(10)11/h2,6,12H,1,3-5H2. The summed E-state index contributed by atoms with van der Waals surface area (Å²) in [6.45, 7) is 3.05. The normalized spacial score (nSPS) is 12.3. The molecule has 1 N–H and O–H groups in total. The summed E-state index contributed by atoms with van der Waals surface area (Å²) < 4.78 is 35.4. The van der Waals surface area contributed by atoms with Crippen molar-refractivity contribution in [1.29, 1.82) is 0 Å². The first-order valence-electron chi connectivity index (χ1n) is 3.53. The lowest BCUT2D eigenvalue weighted by Gasteiger charge is -2.08. The summed E-state index contributed by atoms with van der Waals surface area (Å²) in [5.74, 6) is -1.94. The average Bonchev–Trinajstić information content (AvgIpc) is 2.03. The fourth-order valence-corrected chi connectivity index (χ4v) is 0.789. The Morgan fingerprint density at radius 3 is 2.33 bits per heavy atom. The second kappa shape index (κ2) is 5.83. The maximum absolute atomic E-state index is 12.3. The molecule has 0 fully saturated rings. The van der Waals surface area contributed by atoms with Crippen LogP contribution in [0.25, 0.3) is 0 Å². The van der Waals surface area contributed by atoms with Crippen LogP contribution in [0.2, 0.25) is 0 Å². The zero-order chi connectivity index (χ0) is 9.56. The molecule has 0 bridgehead atoms. The average molecular weight is 180 g/mol. The van der Waals surface area contributed by atoms with E-state index in [4.69, 9.17) is 5.11 Å². The van der Waals surface area contributed by atoms with Crippen molar-refractivity contribution in [2.75, 3.05) is 6.61 Å². The summed E-state index contributed by atoms with van der Waals surface area (Å²) >= 11 is 0. The predicted molar refractivity (Wildman–Crippen MR) is 40.4 cm³/mol. The molecule has 0 amide bonds. The molecule has 0 saturated heterocycles. The fraction of sp³-hybridized carbons (Fsp3) is 0.500. The third-order valence-corrected chi connectivity index (χ3v) is 1.43. The molecule has 0 aromatic rings. The molecule has 12 heavy (non-hydrogen) atoms. The molecule has 1 unspecified atom stereocenters. The summed E-state index contributed by atoms with van der Waals surface area (Å²) in [5.41, 5.74) is 0.